The van der Waals surface area contributed by atoms with Gasteiger partial charge in [0.25, 0.3) is 0 Å². The van der Waals surface area contributed by atoms with Crippen LogP contribution in [0, 0.1) is 0 Å². The van der Waals surface area contributed by atoms with Crippen LogP contribution in [0.5, 0.6) is 0 Å². The van der Waals surface area contributed by atoms with Gasteiger partial charge in [-0.25, -0.2) is 8.42 Å². The predicted molar refractivity (Wildman–Crippen MR) is 82.6 cm³/mol. The van der Waals surface area contributed by atoms with Crippen molar-refractivity contribution in [3.8, 4) is 0 Å². The van der Waals surface area contributed by atoms with E-state index in [0.717, 1.165) is 11.5 Å². The van der Waals surface area contributed by atoms with Crippen molar-refractivity contribution in [2.75, 3.05) is 37.3 Å². The molecule has 0 bridgehead atoms. The summed E-state index contributed by atoms with van der Waals surface area (Å²) < 4.78 is 24.4. The highest BCUT2D eigenvalue weighted by molar-refractivity contribution is 7.88. The Kier molecular flexibility index (Phi) is 5.13. The van der Waals surface area contributed by atoms with Crippen LogP contribution in [0.2, 0.25) is 0 Å². The van der Waals surface area contributed by atoms with Crippen molar-refractivity contribution in [3.05, 3.63) is 17.8 Å². The molecule has 1 aliphatic rings. The molecule has 0 unspecified atom stereocenters. The summed E-state index contributed by atoms with van der Waals surface area (Å²) in [6, 6.07) is 4.32. The lowest BCUT2D eigenvalue weighted by molar-refractivity contribution is 0.386. The SMILES string of the molecule is CC(C)NCc1ccc(N2CCN(S(C)(=O)=O)CC2)nn1. The van der Waals surface area contributed by atoms with E-state index in [9.17, 15) is 8.42 Å². The highest BCUT2D eigenvalue weighted by Gasteiger charge is 2.24. The highest BCUT2D eigenvalue weighted by atomic mass is 32.2. The summed E-state index contributed by atoms with van der Waals surface area (Å²) >= 11 is 0. The van der Waals surface area contributed by atoms with Gasteiger partial charge in [-0.1, -0.05) is 13.8 Å². The molecule has 118 valence electrons. The molecule has 0 saturated carbocycles. The molecule has 0 aromatic carbocycles. The quantitative estimate of drug-likeness (QED) is 0.828. The van der Waals surface area contributed by atoms with Crippen molar-refractivity contribution in [2.45, 2.75) is 26.4 Å². The summed E-state index contributed by atoms with van der Waals surface area (Å²) in [6.45, 7) is 7.16. The topological polar surface area (TPSA) is 78.4 Å². The number of aromatic nitrogens is 2. The molecule has 21 heavy (non-hydrogen) atoms. The van der Waals surface area contributed by atoms with Crippen LogP contribution in [0.1, 0.15) is 19.5 Å². The second-order valence-corrected chi connectivity index (χ2v) is 7.55. The lowest BCUT2D eigenvalue weighted by Crippen LogP contribution is -2.48. The minimum absolute atomic E-state index is 0.413. The Labute approximate surface area is 126 Å². The molecule has 0 atom stereocenters. The number of sulfonamides is 1. The zero-order valence-electron chi connectivity index (χ0n) is 12.8. The van der Waals surface area contributed by atoms with E-state index < -0.39 is 10.0 Å². The fourth-order valence-electron chi connectivity index (χ4n) is 2.17. The van der Waals surface area contributed by atoms with Gasteiger partial charge in [0.2, 0.25) is 10.0 Å². The summed E-state index contributed by atoms with van der Waals surface area (Å²) in [5.74, 6) is 0.802. The maximum atomic E-state index is 11.5. The molecule has 0 amide bonds. The molecule has 1 aliphatic heterocycles. The Balaban J connectivity index is 1.92. The molecule has 2 rings (SSSR count). The van der Waals surface area contributed by atoms with E-state index in [0.29, 0.717) is 38.8 Å². The fourth-order valence-corrected chi connectivity index (χ4v) is 3.00. The smallest absolute Gasteiger partial charge is 0.211 e. The zero-order chi connectivity index (χ0) is 15.5. The van der Waals surface area contributed by atoms with Crippen LogP contribution in [0.4, 0.5) is 5.82 Å². The van der Waals surface area contributed by atoms with Gasteiger partial charge in [0.05, 0.1) is 11.9 Å². The summed E-state index contributed by atoms with van der Waals surface area (Å²) in [7, 11) is -3.09. The Morgan fingerprint density at radius 1 is 1.19 bits per heavy atom. The summed E-state index contributed by atoms with van der Waals surface area (Å²) in [5, 5.41) is 11.7. The number of nitrogens with one attached hydrogen (secondary N) is 1. The second kappa shape index (κ2) is 6.67. The Hall–Kier alpha value is -1.25. The van der Waals surface area contributed by atoms with Crippen LogP contribution < -0.4 is 10.2 Å². The van der Waals surface area contributed by atoms with Crippen LogP contribution in [-0.2, 0) is 16.6 Å². The third-order valence-corrected chi connectivity index (χ3v) is 4.73. The summed E-state index contributed by atoms with van der Waals surface area (Å²) in [5.41, 5.74) is 0.905. The second-order valence-electron chi connectivity index (χ2n) is 5.57. The van der Waals surface area contributed by atoms with Crippen molar-refractivity contribution in [2.24, 2.45) is 0 Å². The van der Waals surface area contributed by atoms with Gasteiger partial charge in [-0.15, -0.1) is 5.10 Å². The van der Waals surface area contributed by atoms with Gasteiger partial charge in [0, 0.05) is 38.8 Å². The lowest BCUT2D eigenvalue weighted by atomic mass is 10.3. The van der Waals surface area contributed by atoms with Crippen molar-refractivity contribution in [3.63, 3.8) is 0 Å². The largest absolute Gasteiger partial charge is 0.352 e. The average Bonchev–Trinajstić information content (AvgIpc) is 2.45. The lowest BCUT2D eigenvalue weighted by Gasteiger charge is -2.33. The molecular weight excluding hydrogens is 290 g/mol. The van der Waals surface area contributed by atoms with E-state index in [4.69, 9.17) is 0 Å². The molecule has 1 N–H and O–H groups in total. The predicted octanol–water partition coefficient (Wildman–Crippen LogP) is 0.0562. The number of anilines is 1. The molecular formula is C13H23N5O2S. The van der Waals surface area contributed by atoms with Gasteiger partial charge in [0.15, 0.2) is 5.82 Å². The molecule has 1 aromatic heterocycles. The summed E-state index contributed by atoms with van der Waals surface area (Å²) in [6.07, 6.45) is 1.25. The number of piperazine rings is 1. The fraction of sp³-hybridized carbons (Fsp3) is 0.692. The first-order valence-electron chi connectivity index (χ1n) is 7.12. The third-order valence-electron chi connectivity index (χ3n) is 3.43. The van der Waals surface area contributed by atoms with Gasteiger partial charge >= 0.3 is 0 Å². The minimum atomic E-state index is -3.09. The molecule has 1 fully saturated rings. The molecule has 1 aromatic rings. The van der Waals surface area contributed by atoms with Crippen LogP contribution >= 0.6 is 0 Å². The molecule has 0 spiro atoms. The Morgan fingerprint density at radius 3 is 2.33 bits per heavy atom. The van der Waals surface area contributed by atoms with Crippen molar-refractivity contribution >= 4 is 15.8 Å². The molecule has 1 saturated heterocycles. The molecule has 0 radical (unpaired) electrons. The molecule has 7 nitrogen and oxygen atoms in total. The zero-order valence-corrected chi connectivity index (χ0v) is 13.6. The molecule has 8 heteroatoms. The molecule has 0 aliphatic carbocycles. The first-order valence-corrected chi connectivity index (χ1v) is 8.97. The van der Waals surface area contributed by atoms with Crippen molar-refractivity contribution in [1.82, 2.24) is 19.8 Å². The summed E-state index contributed by atoms with van der Waals surface area (Å²) in [4.78, 5) is 2.06. The van der Waals surface area contributed by atoms with Crippen LogP contribution in [0.15, 0.2) is 12.1 Å². The van der Waals surface area contributed by atoms with Gasteiger partial charge in [-0.3, -0.25) is 0 Å². The van der Waals surface area contributed by atoms with Gasteiger partial charge in [0.1, 0.15) is 0 Å². The van der Waals surface area contributed by atoms with E-state index in [2.05, 4.69) is 34.3 Å². The van der Waals surface area contributed by atoms with E-state index in [-0.39, 0.29) is 0 Å². The van der Waals surface area contributed by atoms with E-state index in [1.807, 2.05) is 12.1 Å². The maximum Gasteiger partial charge on any atom is 0.211 e. The minimum Gasteiger partial charge on any atom is -0.352 e. The van der Waals surface area contributed by atoms with E-state index >= 15 is 0 Å². The average molecular weight is 313 g/mol. The monoisotopic (exact) mass is 313 g/mol. The number of rotatable bonds is 5. The van der Waals surface area contributed by atoms with Gasteiger partial charge < -0.3 is 10.2 Å². The maximum absolute atomic E-state index is 11.5. The normalized spacial score (nSPS) is 17.4. The number of nitrogens with zero attached hydrogens (tertiary/aromatic N) is 4. The highest BCUT2D eigenvalue weighted by Crippen LogP contribution is 2.14. The Morgan fingerprint density at radius 2 is 1.86 bits per heavy atom. The number of hydrogen-bond donors (Lipinski definition) is 1. The van der Waals surface area contributed by atoms with Crippen molar-refractivity contribution < 1.29 is 8.42 Å². The number of hydrogen-bond acceptors (Lipinski definition) is 6. The Bertz CT molecular complexity index is 550. The first-order chi connectivity index (χ1) is 9.86. The third kappa shape index (κ3) is 4.62. The van der Waals surface area contributed by atoms with E-state index in [1.165, 1.54) is 10.6 Å². The van der Waals surface area contributed by atoms with Gasteiger partial charge in [-0.2, -0.15) is 9.40 Å². The first kappa shape index (κ1) is 16.1. The van der Waals surface area contributed by atoms with Crippen LogP contribution in [-0.4, -0.2) is 61.4 Å². The van der Waals surface area contributed by atoms with Crippen LogP contribution in [0.25, 0.3) is 0 Å². The molecule has 2 heterocycles. The standard InChI is InChI=1S/C13H23N5O2S/c1-11(2)14-10-12-4-5-13(16-15-12)17-6-8-18(9-7-17)21(3,19)20/h4-5,11,14H,6-10H2,1-3H3. The van der Waals surface area contributed by atoms with Crippen LogP contribution in [0.3, 0.4) is 0 Å². The van der Waals surface area contributed by atoms with E-state index in [1.54, 1.807) is 0 Å². The van der Waals surface area contributed by atoms with Gasteiger partial charge in [-0.05, 0) is 12.1 Å². The van der Waals surface area contributed by atoms with Crippen molar-refractivity contribution in [1.29, 1.82) is 0 Å².